The van der Waals surface area contributed by atoms with Crippen LogP contribution >= 0.6 is 11.3 Å². The highest BCUT2D eigenvalue weighted by Crippen LogP contribution is 2.40. The van der Waals surface area contributed by atoms with Gasteiger partial charge in [-0.3, -0.25) is 0 Å². The summed E-state index contributed by atoms with van der Waals surface area (Å²) >= 11 is 1.40. The molecule has 7 rings (SSSR count). The zero-order valence-electron chi connectivity index (χ0n) is 33.4. The molecule has 0 saturated heterocycles. The summed E-state index contributed by atoms with van der Waals surface area (Å²) in [4.78, 5) is 17.5. The lowest BCUT2D eigenvalue weighted by Crippen LogP contribution is -2.10. The average molecular weight is 812 g/mol. The fourth-order valence-corrected chi connectivity index (χ4v) is 7.58. The Hall–Kier alpha value is -7.74. The summed E-state index contributed by atoms with van der Waals surface area (Å²) < 4.78 is 21.8. The Balaban J connectivity index is 1.31. The van der Waals surface area contributed by atoms with Gasteiger partial charge in [0.25, 0.3) is 0 Å². The highest BCUT2D eigenvalue weighted by molar-refractivity contribution is 7.13. The van der Waals surface area contributed by atoms with Gasteiger partial charge in [0.15, 0.2) is 0 Å². The standard InChI is InChI=1S/C50H41N3O6S/c1-56-43-21-13-39(14-22-43)52(40-15-23-44(57-2)24-16-40)37-9-5-34(6-10-37)49(32-48-30-29-47(60-48)31-36(33-51)50(54)55)35-7-11-38(12-8-35)53(41-17-25-45(58-3)26-18-41)42-19-27-46(59-4)28-20-42/h5-32H,1-4H3,(H,54,55). The van der Waals surface area contributed by atoms with Crippen LogP contribution in [-0.2, 0) is 4.79 Å². The van der Waals surface area contributed by atoms with Crippen LogP contribution in [0.5, 0.6) is 23.0 Å². The molecule has 1 N–H and O–H groups in total. The first-order chi connectivity index (χ1) is 29.3. The van der Waals surface area contributed by atoms with Crippen molar-refractivity contribution in [2.24, 2.45) is 0 Å². The predicted octanol–water partition coefficient (Wildman–Crippen LogP) is 12.3. The first-order valence-corrected chi connectivity index (χ1v) is 19.7. The average Bonchev–Trinajstić information content (AvgIpc) is 3.75. The van der Waals surface area contributed by atoms with Crippen LogP contribution in [0.25, 0.3) is 17.7 Å². The minimum Gasteiger partial charge on any atom is -0.497 e. The third-order valence-electron chi connectivity index (χ3n) is 9.77. The number of nitrogens with zero attached hydrogens (tertiary/aromatic N) is 3. The maximum absolute atomic E-state index is 11.6. The van der Waals surface area contributed by atoms with Crippen molar-refractivity contribution in [2.45, 2.75) is 0 Å². The SMILES string of the molecule is COc1ccc(N(c2ccc(OC)cc2)c2ccc(C(=Cc3ccc(C=C(C#N)C(=O)O)s3)c3ccc(N(c4ccc(OC)cc4)c4ccc(OC)cc4)cc3)cc2)cc1. The monoisotopic (exact) mass is 811 g/mol. The second-order valence-corrected chi connectivity index (χ2v) is 14.5. The van der Waals surface area contributed by atoms with Crippen molar-refractivity contribution < 1.29 is 28.8 Å². The van der Waals surface area contributed by atoms with Crippen molar-refractivity contribution in [3.8, 4) is 29.1 Å². The molecule has 1 heterocycles. The molecular formula is C50H41N3O6S. The van der Waals surface area contributed by atoms with Crippen molar-refractivity contribution in [3.05, 3.63) is 184 Å². The van der Waals surface area contributed by atoms with Crippen LogP contribution in [0.3, 0.4) is 0 Å². The van der Waals surface area contributed by atoms with E-state index in [2.05, 4.69) is 64.4 Å². The summed E-state index contributed by atoms with van der Waals surface area (Å²) in [5.41, 5.74) is 8.26. The molecule has 0 radical (unpaired) electrons. The number of methoxy groups -OCH3 is 4. The van der Waals surface area contributed by atoms with Gasteiger partial charge >= 0.3 is 5.97 Å². The van der Waals surface area contributed by atoms with Gasteiger partial charge in [-0.2, -0.15) is 5.26 Å². The van der Waals surface area contributed by atoms with Crippen LogP contribution < -0.4 is 28.7 Å². The van der Waals surface area contributed by atoms with Crippen molar-refractivity contribution in [1.29, 1.82) is 5.26 Å². The van der Waals surface area contributed by atoms with Crippen LogP contribution in [0.4, 0.5) is 34.1 Å². The van der Waals surface area contributed by atoms with E-state index in [0.29, 0.717) is 4.88 Å². The minimum absolute atomic E-state index is 0.324. The molecule has 0 spiro atoms. The van der Waals surface area contributed by atoms with Gasteiger partial charge in [0, 0.05) is 43.9 Å². The van der Waals surface area contributed by atoms with E-state index in [9.17, 15) is 15.2 Å². The molecule has 0 aliphatic carbocycles. The largest absolute Gasteiger partial charge is 0.497 e. The molecule has 1 aromatic heterocycles. The summed E-state index contributed by atoms with van der Waals surface area (Å²) in [7, 11) is 6.61. The fourth-order valence-electron chi connectivity index (χ4n) is 6.68. The van der Waals surface area contributed by atoms with Gasteiger partial charge in [-0.1, -0.05) is 24.3 Å². The second-order valence-electron chi connectivity index (χ2n) is 13.3. The molecule has 0 atom stereocenters. The zero-order valence-corrected chi connectivity index (χ0v) is 34.2. The molecule has 9 nitrogen and oxygen atoms in total. The van der Waals surface area contributed by atoms with Gasteiger partial charge in [0.2, 0.25) is 0 Å². The Bertz CT molecular complexity index is 2410. The third kappa shape index (κ3) is 9.18. The van der Waals surface area contributed by atoms with E-state index < -0.39 is 5.97 Å². The molecule has 10 heteroatoms. The molecule has 0 bridgehead atoms. The number of ether oxygens (including phenoxy) is 4. The van der Waals surface area contributed by atoms with Crippen LogP contribution in [0.2, 0.25) is 0 Å². The first kappa shape index (κ1) is 40.5. The van der Waals surface area contributed by atoms with E-state index in [-0.39, 0.29) is 5.57 Å². The number of nitriles is 1. The van der Waals surface area contributed by atoms with E-state index in [1.54, 1.807) is 34.5 Å². The molecule has 0 fully saturated rings. The quantitative estimate of drug-likeness (QED) is 0.0800. The van der Waals surface area contributed by atoms with Crippen LogP contribution in [0.15, 0.2) is 163 Å². The number of aliphatic carboxylic acids is 1. The first-order valence-electron chi connectivity index (χ1n) is 18.8. The predicted molar refractivity (Wildman–Crippen MR) is 241 cm³/mol. The van der Waals surface area contributed by atoms with Crippen molar-refractivity contribution in [3.63, 3.8) is 0 Å². The van der Waals surface area contributed by atoms with Gasteiger partial charge in [0.1, 0.15) is 34.6 Å². The Morgan fingerprint density at radius 2 is 0.767 bits per heavy atom. The van der Waals surface area contributed by atoms with Gasteiger partial charge in [-0.25, -0.2) is 4.79 Å². The van der Waals surface area contributed by atoms with Crippen LogP contribution in [-0.4, -0.2) is 39.5 Å². The normalized spacial score (nSPS) is 10.9. The lowest BCUT2D eigenvalue weighted by atomic mass is 9.96. The molecule has 6 aromatic carbocycles. The lowest BCUT2D eigenvalue weighted by molar-refractivity contribution is -0.132. The molecule has 7 aromatic rings. The van der Waals surface area contributed by atoms with E-state index in [4.69, 9.17) is 18.9 Å². The highest BCUT2D eigenvalue weighted by atomic mass is 32.1. The number of carboxylic acids is 1. The number of hydrogen-bond acceptors (Lipinski definition) is 9. The second kappa shape index (κ2) is 18.7. The maximum atomic E-state index is 11.6. The van der Waals surface area contributed by atoms with Crippen LogP contribution in [0, 0.1) is 11.3 Å². The number of thiophene rings is 1. The summed E-state index contributed by atoms with van der Waals surface area (Å²) in [6.07, 6.45) is 3.49. The van der Waals surface area contributed by atoms with Crippen molar-refractivity contribution in [1.82, 2.24) is 0 Å². The molecule has 0 aliphatic rings. The Labute approximate surface area is 353 Å². The third-order valence-corrected chi connectivity index (χ3v) is 10.7. The van der Waals surface area contributed by atoms with E-state index in [1.807, 2.05) is 109 Å². The van der Waals surface area contributed by atoms with Crippen molar-refractivity contribution >= 4 is 69.2 Å². The van der Waals surface area contributed by atoms with Gasteiger partial charge in [-0.15, -0.1) is 11.3 Å². The highest BCUT2D eigenvalue weighted by Gasteiger charge is 2.17. The topological polar surface area (TPSA) is 104 Å². The molecule has 0 aliphatic heterocycles. The van der Waals surface area contributed by atoms with Crippen molar-refractivity contribution in [2.75, 3.05) is 38.2 Å². The summed E-state index contributed by atoms with van der Waals surface area (Å²) in [6.45, 7) is 0. The van der Waals surface area contributed by atoms with E-state index >= 15 is 0 Å². The molecular weight excluding hydrogens is 771 g/mol. The number of hydrogen-bond donors (Lipinski definition) is 1. The number of carboxylic acid groups (broad SMARTS) is 1. The molecule has 0 amide bonds. The number of rotatable bonds is 15. The van der Waals surface area contributed by atoms with E-state index in [1.165, 1.54) is 17.4 Å². The fraction of sp³-hybridized carbons (Fsp3) is 0.0800. The summed E-state index contributed by atoms with van der Waals surface area (Å²) in [5.74, 6) is 1.79. The Kier molecular flexibility index (Phi) is 12.6. The summed E-state index contributed by atoms with van der Waals surface area (Å²) in [6, 6.07) is 54.0. The molecule has 0 saturated carbocycles. The number of anilines is 6. The van der Waals surface area contributed by atoms with Gasteiger partial charge in [0.05, 0.1) is 28.4 Å². The number of benzene rings is 6. The summed E-state index contributed by atoms with van der Waals surface area (Å²) in [5, 5.41) is 18.8. The Morgan fingerprint density at radius 1 is 0.483 bits per heavy atom. The maximum Gasteiger partial charge on any atom is 0.346 e. The van der Waals surface area contributed by atoms with Gasteiger partial charge in [-0.05, 0) is 162 Å². The van der Waals surface area contributed by atoms with Gasteiger partial charge < -0.3 is 33.9 Å². The smallest absolute Gasteiger partial charge is 0.346 e. The lowest BCUT2D eigenvalue weighted by Gasteiger charge is -2.26. The molecule has 298 valence electrons. The molecule has 0 unspecified atom stereocenters. The Morgan fingerprint density at radius 3 is 1.03 bits per heavy atom. The van der Waals surface area contributed by atoms with Crippen LogP contribution in [0.1, 0.15) is 20.9 Å². The molecule has 60 heavy (non-hydrogen) atoms. The van der Waals surface area contributed by atoms with E-state index in [0.717, 1.165) is 78.7 Å². The zero-order chi connectivity index (χ0) is 42.0. The minimum atomic E-state index is -1.26. The number of carbonyl (C=O) groups is 1.